The maximum atomic E-state index is 10.4. The zero-order valence-electron chi connectivity index (χ0n) is 13.6. The Labute approximate surface area is 136 Å². The van der Waals surface area contributed by atoms with Gasteiger partial charge in [-0.1, -0.05) is 12.2 Å². The monoisotopic (exact) mass is 332 g/mol. The van der Waals surface area contributed by atoms with Gasteiger partial charge in [-0.3, -0.25) is 0 Å². The van der Waals surface area contributed by atoms with Crippen LogP contribution >= 0.6 is 0 Å². The average Bonchev–Trinajstić information content (AvgIpc) is 2.50. The molecule has 0 bridgehead atoms. The number of aliphatic hydroxyl groups excluding tert-OH is 5. The maximum Gasteiger partial charge on any atom is 0.187 e. The molecule has 5 N–H and O–H groups in total. The molecule has 2 fully saturated rings. The summed E-state index contributed by atoms with van der Waals surface area (Å²) in [7, 11) is 0. The summed E-state index contributed by atoms with van der Waals surface area (Å²) in [6.07, 6.45) is -5.56. The summed E-state index contributed by atoms with van der Waals surface area (Å²) in [5.41, 5.74) is 0.0681. The summed E-state index contributed by atoms with van der Waals surface area (Å²) in [4.78, 5) is 0. The van der Waals surface area contributed by atoms with Gasteiger partial charge in [0.2, 0.25) is 0 Å². The predicted molar refractivity (Wildman–Crippen MR) is 81.4 cm³/mol. The number of hydrogen-bond donors (Lipinski definition) is 5. The van der Waals surface area contributed by atoms with E-state index in [1.807, 2.05) is 6.92 Å². The van der Waals surface area contributed by atoms with Crippen molar-refractivity contribution in [3.8, 4) is 0 Å². The van der Waals surface area contributed by atoms with Crippen LogP contribution in [-0.2, 0) is 9.47 Å². The summed E-state index contributed by atoms with van der Waals surface area (Å²) in [5, 5.41) is 49.3. The Kier molecular flexibility index (Phi) is 5.84. The number of allylic oxidation sites excluding steroid dienone is 1. The van der Waals surface area contributed by atoms with Crippen molar-refractivity contribution in [2.45, 2.75) is 75.5 Å². The highest BCUT2D eigenvalue weighted by atomic mass is 16.7. The average molecular weight is 332 g/mol. The van der Waals surface area contributed by atoms with Crippen molar-refractivity contribution < 1.29 is 35.0 Å². The summed E-state index contributed by atoms with van der Waals surface area (Å²) in [6.45, 7) is 7.07. The quantitative estimate of drug-likeness (QED) is 0.432. The molecule has 0 spiro atoms. The van der Waals surface area contributed by atoms with E-state index in [0.717, 1.165) is 12.0 Å². The Balaban J connectivity index is 2.06. The molecule has 134 valence electrons. The highest BCUT2D eigenvalue weighted by molar-refractivity contribution is 5.04. The molecule has 8 atom stereocenters. The smallest absolute Gasteiger partial charge is 0.187 e. The minimum atomic E-state index is -1.49. The third kappa shape index (κ3) is 3.76. The van der Waals surface area contributed by atoms with Gasteiger partial charge in [0.1, 0.15) is 24.4 Å². The largest absolute Gasteiger partial charge is 0.394 e. The summed E-state index contributed by atoms with van der Waals surface area (Å²) in [5.74, 6) is 0.219. The molecule has 1 aliphatic heterocycles. The van der Waals surface area contributed by atoms with Gasteiger partial charge in [0.15, 0.2) is 6.29 Å². The Morgan fingerprint density at radius 1 is 1.22 bits per heavy atom. The van der Waals surface area contributed by atoms with Crippen molar-refractivity contribution in [1.29, 1.82) is 0 Å². The summed E-state index contributed by atoms with van der Waals surface area (Å²) < 4.78 is 11.1. The molecule has 0 amide bonds. The van der Waals surface area contributed by atoms with Gasteiger partial charge in [-0.2, -0.15) is 0 Å². The molecule has 7 nitrogen and oxygen atoms in total. The number of hydrogen-bond acceptors (Lipinski definition) is 7. The molecule has 1 aliphatic carbocycles. The van der Waals surface area contributed by atoms with E-state index < -0.39 is 49.0 Å². The van der Waals surface area contributed by atoms with Crippen molar-refractivity contribution in [1.82, 2.24) is 0 Å². The van der Waals surface area contributed by atoms with Crippen LogP contribution in [0.5, 0.6) is 0 Å². The minimum Gasteiger partial charge on any atom is -0.394 e. The van der Waals surface area contributed by atoms with E-state index in [9.17, 15) is 25.5 Å². The third-order valence-electron chi connectivity index (χ3n) is 5.13. The van der Waals surface area contributed by atoms with Crippen LogP contribution in [0.1, 0.15) is 33.1 Å². The molecule has 0 aromatic heterocycles. The van der Waals surface area contributed by atoms with Crippen molar-refractivity contribution >= 4 is 0 Å². The van der Waals surface area contributed by atoms with Crippen molar-refractivity contribution in [3.05, 3.63) is 12.2 Å². The van der Waals surface area contributed by atoms with Crippen molar-refractivity contribution in [2.75, 3.05) is 6.61 Å². The first kappa shape index (κ1) is 18.8. The molecule has 8 unspecified atom stereocenters. The SMILES string of the molecule is C=C(C)C1CCC(C)(OC2OC(CO)C(O)C(O)C2O)C(O)C1. The van der Waals surface area contributed by atoms with E-state index in [1.54, 1.807) is 6.92 Å². The molecule has 7 heteroatoms. The Hall–Kier alpha value is -0.540. The predicted octanol–water partition coefficient (Wildman–Crippen LogP) is -0.701. The van der Waals surface area contributed by atoms with Crippen LogP contribution < -0.4 is 0 Å². The molecular formula is C16H28O7. The lowest BCUT2D eigenvalue weighted by Gasteiger charge is -2.47. The van der Waals surface area contributed by atoms with Gasteiger partial charge in [-0.15, -0.1) is 0 Å². The van der Waals surface area contributed by atoms with Crippen molar-refractivity contribution in [2.24, 2.45) is 5.92 Å². The first-order valence-corrected chi connectivity index (χ1v) is 8.01. The topological polar surface area (TPSA) is 120 Å². The van der Waals surface area contributed by atoms with Crippen LogP contribution in [0.3, 0.4) is 0 Å². The van der Waals surface area contributed by atoms with Gasteiger partial charge >= 0.3 is 0 Å². The van der Waals surface area contributed by atoms with Gasteiger partial charge in [0.25, 0.3) is 0 Å². The van der Waals surface area contributed by atoms with Crippen molar-refractivity contribution in [3.63, 3.8) is 0 Å². The van der Waals surface area contributed by atoms with Gasteiger partial charge in [0.05, 0.1) is 18.3 Å². The van der Waals surface area contributed by atoms with Gasteiger partial charge < -0.3 is 35.0 Å². The fraction of sp³-hybridized carbons (Fsp3) is 0.875. The van der Waals surface area contributed by atoms with Crippen LogP contribution in [0.15, 0.2) is 12.2 Å². The fourth-order valence-electron chi connectivity index (χ4n) is 3.28. The molecular weight excluding hydrogens is 304 g/mol. The van der Waals surface area contributed by atoms with Crippen LogP contribution in [0.2, 0.25) is 0 Å². The van der Waals surface area contributed by atoms with Crippen LogP contribution in [-0.4, -0.2) is 74.6 Å². The lowest BCUT2D eigenvalue weighted by atomic mass is 9.75. The van der Waals surface area contributed by atoms with Crippen LogP contribution in [0.25, 0.3) is 0 Å². The second kappa shape index (κ2) is 7.14. The third-order valence-corrected chi connectivity index (χ3v) is 5.13. The second-order valence-corrected chi connectivity index (χ2v) is 6.96. The van der Waals surface area contributed by atoms with Crippen LogP contribution in [0.4, 0.5) is 0 Å². The molecule has 0 radical (unpaired) electrons. The highest BCUT2D eigenvalue weighted by Gasteiger charge is 2.49. The van der Waals surface area contributed by atoms with E-state index >= 15 is 0 Å². The molecule has 0 aromatic carbocycles. The maximum absolute atomic E-state index is 10.4. The van der Waals surface area contributed by atoms with Gasteiger partial charge in [0, 0.05) is 0 Å². The Morgan fingerprint density at radius 3 is 2.39 bits per heavy atom. The zero-order valence-corrected chi connectivity index (χ0v) is 13.6. The lowest BCUT2D eigenvalue weighted by molar-refractivity contribution is -0.337. The Bertz CT molecular complexity index is 427. The molecule has 1 heterocycles. The van der Waals surface area contributed by atoms with E-state index in [-0.39, 0.29) is 5.92 Å². The first-order valence-electron chi connectivity index (χ1n) is 8.01. The molecule has 0 aromatic rings. The first-order chi connectivity index (χ1) is 10.7. The number of rotatable bonds is 4. The second-order valence-electron chi connectivity index (χ2n) is 6.96. The molecule has 1 saturated carbocycles. The number of aliphatic hydroxyl groups is 5. The van der Waals surface area contributed by atoms with Crippen LogP contribution in [0, 0.1) is 5.92 Å². The van der Waals surface area contributed by atoms with E-state index in [4.69, 9.17) is 9.47 Å². The number of ether oxygens (including phenoxy) is 2. The normalized spacial score (nSPS) is 48.2. The van der Waals surface area contributed by atoms with Gasteiger partial charge in [-0.25, -0.2) is 0 Å². The standard InChI is InChI=1S/C16H28O7/c1-8(2)9-4-5-16(3,11(18)6-9)23-15-14(21)13(20)12(19)10(7-17)22-15/h9-15,17-21H,1,4-7H2,2-3H3. The van der Waals surface area contributed by atoms with E-state index in [2.05, 4.69) is 6.58 Å². The summed E-state index contributed by atoms with van der Waals surface area (Å²) in [6, 6.07) is 0. The van der Waals surface area contributed by atoms with Gasteiger partial charge in [-0.05, 0) is 39.0 Å². The molecule has 1 saturated heterocycles. The highest BCUT2D eigenvalue weighted by Crippen LogP contribution is 2.39. The van der Waals surface area contributed by atoms with E-state index in [1.165, 1.54) is 0 Å². The summed E-state index contributed by atoms with van der Waals surface area (Å²) >= 11 is 0. The Morgan fingerprint density at radius 2 is 1.87 bits per heavy atom. The molecule has 2 aliphatic rings. The zero-order chi connectivity index (χ0) is 17.4. The fourth-order valence-corrected chi connectivity index (χ4v) is 3.28. The lowest BCUT2D eigenvalue weighted by Crippen LogP contribution is -2.62. The van der Waals surface area contributed by atoms with E-state index in [0.29, 0.717) is 12.8 Å². The minimum absolute atomic E-state index is 0.219. The molecule has 23 heavy (non-hydrogen) atoms. The molecule has 2 rings (SSSR count).